The molecule has 24 heavy (non-hydrogen) atoms. The second kappa shape index (κ2) is 5.60. The van der Waals surface area contributed by atoms with E-state index in [0.29, 0.717) is 22.8 Å². The number of hydrogen-bond donors (Lipinski definition) is 0. The number of sulfonamides is 1. The van der Waals surface area contributed by atoms with Gasteiger partial charge in [-0.2, -0.15) is 8.42 Å². The summed E-state index contributed by atoms with van der Waals surface area (Å²) < 4.78 is 29.3. The van der Waals surface area contributed by atoms with Crippen molar-refractivity contribution < 1.29 is 8.42 Å². The first kappa shape index (κ1) is 15.1. The fourth-order valence-corrected chi connectivity index (χ4v) is 4.93. The second-order valence-electron chi connectivity index (χ2n) is 6.15. The van der Waals surface area contributed by atoms with Crippen LogP contribution >= 0.6 is 0 Å². The van der Waals surface area contributed by atoms with Crippen LogP contribution < -0.4 is 0 Å². The Hall–Kier alpha value is -2.40. The fourth-order valence-electron chi connectivity index (χ4n) is 3.45. The van der Waals surface area contributed by atoms with Gasteiger partial charge < -0.3 is 4.90 Å². The van der Waals surface area contributed by atoms with Crippen molar-refractivity contribution in [1.82, 2.24) is 4.90 Å². The normalized spacial score (nSPS) is 19.2. The topological polar surface area (TPSA) is 49.7 Å². The molecule has 0 atom stereocenters. The summed E-state index contributed by atoms with van der Waals surface area (Å²) in [6.07, 6.45) is 0.906. The Morgan fingerprint density at radius 3 is 2.38 bits per heavy atom. The third-order valence-corrected chi connectivity index (χ3v) is 6.08. The number of amidine groups is 1. The highest BCUT2D eigenvalue weighted by atomic mass is 32.2. The number of hydrogen-bond acceptors (Lipinski definition) is 3. The van der Waals surface area contributed by atoms with Crippen LogP contribution in [0.15, 0.2) is 64.6 Å². The molecule has 2 heterocycles. The standard InChI is InChI=1S/C19H18N2O2S/c1-14-18(16-8-3-2-4-9-16)24(22,23)20-19(14)21-12-11-15-7-5-6-10-17(15)13-21/h2-10H,11-13H2,1H3. The molecule has 0 unspecified atom stereocenters. The largest absolute Gasteiger partial charge is 0.351 e. The van der Waals surface area contributed by atoms with Crippen LogP contribution in [0.3, 0.4) is 0 Å². The van der Waals surface area contributed by atoms with Crippen molar-refractivity contribution in [2.45, 2.75) is 19.9 Å². The predicted octanol–water partition coefficient (Wildman–Crippen LogP) is 3.22. The van der Waals surface area contributed by atoms with E-state index in [1.165, 1.54) is 11.1 Å². The summed E-state index contributed by atoms with van der Waals surface area (Å²) in [4.78, 5) is 2.41. The Bertz CT molecular complexity index is 960. The van der Waals surface area contributed by atoms with Gasteiger partial charge in [0.25, 0.3) is 10.0 Å². The van der Waals surface area contributed by atoms with Crippen molar-refractivity contribution >= 4 is 20.8 Å². The van der Waals surface area contributed by atoms with Gasteiger partial charge in [-0.1, -0.05) is 54.6 Å². The van der Waals surface area contributed by atoms with E-state index in [-0.39, 0.29) is 0 Å². The van der Waals surface area contributed by atoms with Crippen molar-refractivity contribution in [3.05, 3.63) is 76.9 Å². The molecule has 2 aliphatic rings. The molecule has 0 fully saturated rings. The van der Waals surface area contributed by atoms with E-state index in [1.807, 2.05) is 49.4 Å². The molecular formula is C19H18N2O2S. The van der Waals surface area contributed by atoms with Crippen molar-refractivity contribution in [3.8, 4) is 0 Å². The monoisotopic (exact) mass is 338 g/mol. The van der Waals surface area contributed by atoms with Gasteiger partial charge in [-0.05, 0) is 30.0 Å². The van der Waals surface area contributed by atoms with Crippen molar-refractivity contribution in [3.63, 3.8) is 0 Å². The van der Waals surface area contributed by atoms with Gasteiger partial charge in [-0.3, -0.25) is 0 Å². The molecule has 0 spiro atoms. The van der Waals surface area contributed by atoms with Crippen LogP contribution in [0, 0.1) is 0 Å². The summed E-state index contributed by atoms with van der Waals surface area (Å²) in [5.41, 5.74) is 4.01. The first-order valence-corrected chi connectivity index (χ1v) is 9.43. The lowest BCUT2D eigenvalue weighted by molar-refractivity contribution is 0.395. The highest BCUT2D eigenvalue weighted by Gasteiger charge is 2.34. The molecule has 2 aliphatic heterocycles. The maximum atomic E-state index is 12.6. The Labute approximate surface area is 142 Å². The number of benzene rings is 2. The van der Waals surface area contributed by atoms with Gasteiger partial charge in [-0.15, -0.1) is 4.40 Å². The summed E-state index contributed by atoms with van der Waals surface area (Å²) in [6.45, 7) is 3.33. The van der Waals surface area contributed by atoms with Gasteiger partial charge in [0.15, 0.2) is 0 Å². The lowest BCUT2D eigenvalue weighted by Gasteiger charge is -2.30. The Morgan fingerprint density at radius 2 is 1.62 bits per heavy atom. The van der Waals surface area contributed by atoms with Crippen LogP contribution in [-0.2, 0) is 23.0 Å². The predicted molar refractivity (Wildman–Crippen MR) is 95.9 cm³/mol. The van der Waals surface area contributed by atoms with E-state index >= 15 is 0 Å². The first-order valence-electron chi connectivity index (χ1n) is 7.99. The lowest BCUT2D eigenvalue weighted by Crippen LogP contribution is -2.35. The molecular weight excluding hydrogens is 320 g/mol. The Balaban J connectivity index is 1.74. The van der Waals surface area contributed by atoms with Crippen LogP contribution in [0.4, 0.5) is 0 Å². The van der Waals surface area contributed by atoms with Gasteiger partial charge in [0.05, 0.1) is 0 Å². The summed E-state index contributed by atoms with van der Waals surface area (Å²) >= 11 is 0. The minimum absolute atomic E-state index is 0.331. The smallest absolute Gasteiger partial charge is 0.285 e. The summed E-state index contributed by atoms with van der Waals surface area (Å²) in [7, 11) is -3.64. The molecule has 5 heteroatoms. The van der Waals surface area contributed by atoms with Crippen molar-refractivity contribution in [1.29, 1.82) is 0 Å². The average Bonchev–Trinajstić information content (AvgIpc) is 2.84. The summed E-state index contributed by atoms with van der Waals surface area (Å²) in [6, 6.07) is 17.5. The number of rotatable bonds is 1. The van der Waals surface area contributed by atoms with Gasteiger partial charge >= 0.3 is 0 Å². The highest BCUT2D eigenvalue weighted by Crippen LogP contribution is 2.34. The third-order valence-electron chi connectivity index (χ3n) is 4.61. The maximum Gasteiger partial charge on any atom is 0.285 e. The lowest BCUT2D eigenvalue weighted by atomic mass is 9.99. The van der Waals surface area contributed by atoms with Crippen LogP contribution in [0.1, 0.15) is 23.6 Å². The van der Waals surface area contributed by atoms with E-state index in [0.717, 1.165) is 18.5 Å². The summed E-state index contributed by atoms with van der Waals surface area (Å²) in [5.74, 6) is 0.586. The van der Waals surface area contributed by atoms with Crippen molar-refractivity contribution in [2.75, 3.05) is 6.54 Å². The zero-order valence-corrected chi connectivity index (χ0v) is 14.3. The molecule has 4 nitrogen and oxygen atoms in total. The molecule has 0 saturated heterocycles. The molecule has 0 radical (unpaired) electrons. The average molecular weight is 338 g/mol. The fraction of sp³-hybridized carbons (Fsp3) is 0.211. The zero-order chi connectivity index (χ0) is 16.7. The quantitative estimate of drug-likeness (QED) is 0.802. The first-order chi connectivity index (χ1) is 11.6. The van der Waals surface area contributed by atoms with Gasteiger partial charge in [0.2, 0.25) is 0 Å². The molecule has 0 aromatic heterocycles. The maximum absolute atomic E-state index is 12.6. The molecule has 2 aromatic carbocycles. The molecule has 0 aliphatic carbocycles. The van der Waals surface area contributed by atoms with E-state index in [2.05, 4.69) is 21.4 Å². The Morgan fingerprint density at radius 1 is 0.958 bits per heavy atom. The van der Waals surface area contributed by atoms with Gasteiger partial charge in [0, 0.05) is 18.7 Å². The van der Waals surface area contributed by atoms with Gasteiger partial charge in [-0.25, -0.2) is 0 Å². The Kier molecular flexibility index (Phi) is 3.53. The zero-order valence-electron chi connectivity index (χ0n) is 13.4. The van der Waals surface area contributed by atoms with E-state index < -0.39 is 10.0 Å². The SMILES string of the molecule is CC1=C(c2ccccc2)S(=O)(=O)N=C1N1CCc2ccccc2C1. The van der Waals surface area contributed by atoms with E-state index in [1.54, 1.807) is 0 Å². The molecule has 0 saturated carbocycles. The number of nitrogens with zero attached hydrogens (tertiary/aromatic N) is 2. The van der Waals surface area contributed by atoms with Crippen LogP contribution in [0.25, 0.3) is 4.91 Å². The number of fused-ring (bicyclic) bond motifs is 1. The molecule has 122 valence electrons. The highest BCUT2D eigenvalue weighted by molar-refractivity contribution is 8.00. The van der Waals surface area contributed by atoms with Crippen LogP contribution in [0.2, 0.25) is 0 Å². The molecule has 4 rings (SSSR count). The summed E-state index contributed by atoms with van der Waals surface area (Å²) in [5, 5.41) is 0. The van der Waals surface area contributed by atoms with Crippen LogP contribution in [0.5, 0.6) is 0 Å². The van der Waals surface area contributed by atoms with Crippen molar-refractivity contribution in [2.24, 2.45) is 4.40 Å². The molecule has 2 aromatic rings. The second-order valence-corrected chi connectivity index (χ2v) is 7.69. The molecule has 0 amide bonds. The van der Waals surface area contributed by atoms with E-state index in [4.69, 9.17) is 0 Å². The third kappa shape index (κ3) is 2.45. The molecule has 0 N–H and O–H groups in total. The van der Waals surface area contributed by atoms with Gasteiger partial charge in [0.1, 0.15) is 10.7 Å². The van der Waals surface area contributed by atoms with E-state index in [9.17, 15) is 8.42 Å². The van der Waals surface area contributed by atoms with Crippen LogP contribution in [-0.4, -0.2) is 25.7 Å². The minimum Gasteiger partial charge on any atom is -0.351 e. The minimum atomic E-state index is -3.64. The molecule has 0 bridgehead atoms.